The fourth-order valence-electron chi connectivity index (χ4n) is 4.22. The van der Waals surface area contributed by atoms with Gasteiger partial charge in [-0.05, 0) is 93.0 Å². The first-order chi connectivity index (χ1) is 15.1. The van der Waals surface area contributed by atoms with Crippen molar-refractivity contribution in [2.75, 3.05) is 24.5 Å². The van der Waals surface area contributed by atoms with Gasteiger partial charge in [-0.3, -0.25) is 4.79 Å². The Morgan fingerprint density at radius 2 is 1.59 bits per heavy atom. The second kappa shape index (κ2) is 10.0. The van der Waals surface area contributed by atoms with Gasteiger partial charge in [0.1, 0.15) is 5.82 Å². The summed E-state index contributed by atoms with van der Waals surface area (Å²) in [6.07, 6.45) is 4.20. The third kappa shape index (κ3) is 5.30. The van der Waals surface area contributed by atoms with E-state index in [4.69, 9.17) is 0 Å². The highest BCUT2D eigenvalue weighted by molar-refractivity contribution is 7.89. The SMILES string of the molecule is Cc1c(C)c(C)c(S(=O)(=O)NCCC(=O)NCc2ccnc(N3CCCC3)c2)c(C)c1C. The molecule has 0 aliphatic carbocycles. The number of anilines is 1. The lowest BCUT2D eigenvalue weighted by Gasteiger charge is -2.19. The van der Waals surface area contributed by atoms with Crippen LogP contribution in [0.25, 0.3) is 0 Å². The minimum Gasteiger partial charge on any atom is -0.357 e. The Labute approximate surface area is 191 Å². The van der Waals surface area contributed by atoms with Crippen LogP contribution in [0, 0.1) is 34.6 Å². The fourth-order valence-corrected chi connectivity index (χ4v) is 5.85. The average Bonchev–Trinajstić information content (AvgIpc) is 3.30. The highest BCUT2D eigenvalue weighted by Crippen LogP contribution is 2.29. The van der Waals surface area contributed by atoms with Crippen LogP contribution in [0.1, 0.15) is 52.6 Å². The number of carbonyl (C=O) groups is 1. The van der Waals surface area contributed by atoms with E-state index in [-0.39, 0.29) is 18.9 Å². The van der Waals surface area contributed by atoms with E-state index in [2.05, 4.69) is 19.9 Å². The summed E-state index contributed by atoms with van der Waals surface area (Å²) in [6.45, 7) is 12.0. The number of carbonyl (C=O) groups excluding carboxylic acids is 1. The van der Waals surface area contributed by atoms with Gasteiger partial charge < -0.3 is 10.2 Å². The molecule has 1 amide bonds. The monoisotopic (exact) mass is 458 g/mol. The van der Waals surface area contributed by atoms with Gasteiger partial charge in [0.15, 0.2) is 0 Å². The minimum absolute atomic E-state index is 0.0500. The van der Waals surface area contributed by atoms with Gasteiger partial charge in [-0.1, -0.05) is 0 Å². The van der Waals surface area contributed by atoms with Crippen LogP contribution >= 0.6 is 0 Å². The predicted molar refractivity (Wildman–Crippen MR) is 127 cm³/mol. The zero-order valence-corrected chi connectivity index (χ0v) is 20.5. The molecule has 1 aromatic carbocycles. The summed E-state index contributed by atoms with van der Waals surface area (Å²) in [6, 6.07) is 3.89. The minimum atomic E-state index is -3.71. The van der Waals surface area contributed by atoms with Crippen LogP contribution in [0.4, 0.5) is 5.82 Å². The quantitative estimate of drug-likeness (QED) is 0.634. The second-order valence-electron chi connectivity index (χ2n) is 8.60. The second-order valence-corrected chi connectivity index (χ2v) is 10.3. The van der Waals surface area contributed by atoms with E-state index in [1.807, 2.05) is 46.8 Å². The van der Waals surface area contributed by atoms with E-state index in [9.17, 15) is 13.2 Å². The molecule has 2 N–H and O–H groups in total. The first-order valence-electron chi connectivity index (χ1n) is 11.1. The number of hydrogen-bond acceptors (Lipinski definition) is 5. The lowest BCUT2D eigenvalue weighted by Crippen LogP contribution is -2.31. The van der Waals surface area contributed by atoms with E-state index in [0.717, 1.165) is 52.3 Å². The number of amides is 1. The Kier molecular flexibility index (Phi) is 7.56. The molecule has 0 atom stereocenters. The van der Waals surface area contributed by atoms with Crippen molar-refractivity contribution >= 4 is 21.7 Å². The zero-order valence-electron chi connectivity index (χ0n) is 19.7. The van der Waals surface area contributed by atoms with Crippen LogP contribution in [0.3, 0.4) is 0 Å². The van der Waals surface area contributed by atoms with Gasteiger partial charge in [0.2, 0.25) is 15.9 Å². The number of aromatic nitrogens is 1. The highest BCUT2D eigenvalue weighted by atomic mass is 32.2. The maximum atomic E-state index is 13.0. The first kappa shape index (κ1) is 24.2. The molecule has 7 nitrogen and oxygen atoms in total. The molecule has 2 heterocycles. The van der Waals surface area contributed by atoms with Crippen LogP contribution in [-0.2, 0) is 21.4 Å². The maximum absolute atomic E-state index is 13.0. The molecule has 0 unspecified atom stereocenters. The molecule has 0 bridgehead atoms. The number of benzene rings is 1. The van der Waals surface area contributed by atoms with Crippen molar-refractivity contribution in [1.29, 1.82) is 0 Å². The topological polar surface area (TPSA) is 91.4 Å². The van der Waals surface area contributed by atoms with Crippen molar-refractivity contribution in [3.8, 4) is 0 Å². The summed E-state index contributed by atoms with van der Waals surface area (Å²) < 4.78 is 28.5. The van der Waals surface area contributed by atoms with Crippen molar-refractivity contribution in [3.63, 3.8) is 0 Å². The summed E-state index contributed by atoms with van der Waals surface area (Å²) in [4.78, 5) is 19.3. The standard InChI is InChI=1S/C24H34N4O3S/c1-16-17(2)19(4)24(20(5)18(16)3)32(30,31)27-11-9-23(29)26-15-21-8-10-25-22(14-21)28-12-6-7-13-28/h8,10,14,27H,6-7,9,11-13,15H2,1-5H3,(H,26,29). The summed E-state index contributed by atoms with van der Waals surface area (Å²) >= 11 is 0. The van der Waals surface area contributed by atoms with E-state index in [1.165, 1.54) is 12.8 Å². The third-order valence-electron chi connectivity index (χ3n) is 6.57. The molecular weight excluding hydrogens is 424 g/mol. The number of pyridine rings is 1. The normalized spacial score (nSPS) is 14.1. The Balaban J connectivity index is 1.56. The van der Waals surface area contributed by atoms with E-state index in [1.54, 1.807) is 6.20 Å². The summed E-state index contributed by atoms with van der Waals surface area (Å²) in [5.74, 6) is 0.744. The molecule has 0 radical (unpaired) electrons. The van der Waals surface area contributed by atoms with Gasteiger partial charge in [0, 0.05) is 38.8 Å². The molecule has 1 aliphatic rings. The average molecular weight is 459 g/mol. The molecular formula is C24H34N4O3S. The lowest BCUT2D eigenvalue weighted by atomic mass is 9.95. The van der Waals surface area contributed by atoms with Crippen LogP contribution in [0.2, 0.25) is 0 Å². The van der Waals surface area contributed by atoms with Crippen molar-refractivity contribution in [2.45, 2.75) is 65.3 Å². The molecule has 174 valence electrons. The Bertz CT molecular complexity index is 1080. The smallest absolute Gasteiger partial charge is 0.241 e. The number of hydrogen-bond donors (Lipinski definition) is 2. The summed E-state index contributed by atoms with van der Waals surface area (Å²) in [5.41, 5.74) is 5.58. The highest BCUT2D eigenvalue weighted by Gasteiger charge is 2.23. The predicted octanol–water partition coefficient (Wildman–Crippen LogP) is 3.21. The van der Waals surface area contributed by atoms with Crippen LogP contribution in [-0.4, -0.2) is 38.9 Å². The number of nitrogens with zero attached hydrogens (tertiary/aromatic N) is 2. The lowest BCUT2D eigenvalue weighted by molar-refractivity contribution is -0.121. The molecule has 32 heavy (non-hydrogen) atoms. The summed E-state index contributed by atoms with van der Waals surface area (Å²) in [7, 11) is -3.71. The molecule has 1 fully saturated rings. The molecule has 8 heteroatoms. The van der Waals surface area contributed by atoms with Crippen LogP contribution in [0.15, 0.2) is 23.2 Å². The summed E-state index contributed by atoms with van der Waals surface area (Å²) in [5, 5.41) is 2.87. The maximum Gasteiger partial charge on any atom is 0.241 e. The third-order valence-corrected chi connectivity index (χ3v) is 8.31. The molecule has 0 spiro atoms. The Hall–Kier alpha value is -2.45. The largest absolute Gasteiger partial charge is 0.357 e. The van der Waals surface area contributed by atoms with Crippen LogP contribution in [0.5, 0.6) is 0 Å². The Morgan fingerprint density at radius 3 is 2.22 bits per heavy atom. The van der Waals surface area contributed by atoms with Gasteiger partial charge in [0.25, 0.3) is 0 Å². The van der Waals surface area contributed by atoms with Crippen molar-refractivity contribution in [1.82, 2.24) is 15.0 Å². The van der Waals surface area contributed by atoms with Crippen molar-refractivity contribution < 1.29 is 13.2 Å². The number of rotatable bonds is 8. The molecule has 2 aromatic rings. The Morgan fingerprint density at radius 1 is 1.00 bits per heavy atom. The van der Waals surface area contributed by atoms with E-state index >= 15 is 0 Å². The fraction of sp³-hybridized carbons (Fsp3) is 0.500. The van der Waals surface area contributed by atoms with Gasteiger partial charge in [-0.25, -0.2) is 18.1 Å². The van der Waals surface area contributed by atoms with Crippen LogP contribution < -0.4 is 14.9 Å². The van der Waals surface area contributed by atoms with Gasteiger partial charge in [-0.2, -0.15) is 0 Å². The van der Waals surface area contributed by atoms with Gasteiger partial charge >= 0.3 is 0 Å². The van der Waals surface area contributed by atoms with Gasteiger partial charge in [-0.15, -0.1) is 0 Å². The van der Waals surface area contributed by atoms with E-state index < -0.39 is 10.0 Å². The molecule has 0 saturated carbocycles. The number of nitrogens with one attached hydrogen (secondary N) is 2. The first-order valence-corrected chi connectivity index (χ1v) is 12.6. The molecule has 1 saturated heterocycles. The van der Waals surface area contributed by atoms with Crippen molar-refractivity contribution in [2.24, 2.45) is 0 Å². The molecule has 1 aromatic heterocycles. The van der Waals surface area contributed by atoms with Gasteiger partial charge in [0.05, 0.1) is 4.90 Å². The van der Waals surface area contributed by atoms with Crippen molar-refractivity contribution in [3.05, 3.63) is 51.7 Å². The van der Waals surface area contributed by atoms with E-state index in [0.29, 0.717) is 11.4 Å². The molecule has 1 aliphatic heterocycles. The zero-order chi connectivity index (χ0) is 23.5. The molecule has 3 rings (SSSR count). The number of sulfonamides is 1.